The predicted molar refractivity (Wildman–Crippen MR) is 74.6 cm³/mol. The van der Waals surface area contributed by atoms with Gasteiger partial charge in [0.05, 0.1) is 0 Å². The maximum atomic E-state index is 14.4. The molecule has 0 aromatic heterocycles. The number of hydrogen-bond donors (Lipinski definition) is 1. The van der Waals surface area contributed by atoms with Gasteiger partial charge in [0, 0.05) is 12.5 Å². The van der Waals surface area contributed by atoms with Crippen LogP contribution in [0.2, 0.25) is 0 Å². The van der Waals surface area contributed by atoms with Gasteiger partial charge in [0.1, 0.15) is 6.17 Å². The molecule has 0 spiro atoms. The lowest BCUT2D eigenvalue weighted by atomic mass is 9.85. The molecule has 100 valence electrons. The molecule has 2 atom stereocenters. The minimum Gasteiger partial charge on any atom is -0.316 e. The lowest BCUT2D eigenvalue weighted by Gasteiger charge is -2.26. The first-order valence-electron chi connectivity index (χ1n) is 6.94. The average Bonchev–Trinajstić information content (AvgIpc) is 2.38. The largest absolute Gasteiger partial charge is 0.316 e. The first-order valence-corrected chi connectivity index (χ1v) is 6.94. The number of benzene rings is 1. The van der Waals surface area contributed by atoms with Crippen LogP contribution >= 0.6 is 0 Å². The van der Waals surface area contributed by atoms with E-state index in [4.69, 9.17) is 0 Å². The monoisotopic (exact) mass is 249 g/mol. The molecule has 1 aromatic carbocycles. The van der Waals surface area contributed by atoms with Gasteiger partial charge in [-0.05, 0) is 35.9 Å². The Balaban J connectivity index is 2.09. The Morgan fingerprint density at radius 2 is 1.89 bits per heavy atom. The van der Waals surface area contributed by atoms with Crippen molar-refractivity contribution < 1.29 is 4.39 Å². The van der Waals surface area contributed by atoms with Crippen LogP contribution in [0, 0.1) is 5.92 Å². The molecule has 1 fully saturated rings. The van der Waals surface area contributed by atoms with Gasteiger partial charge < -0.3 is 5.32 Å². The van der Waals surface area contributed by atoms with E-state index in [1.54, 1.807) is 0 Å². The van der Waals surface area contributed by atoms with E-state index in [0.29, 0.717) is 0 Å². The minimum absolute atomic E-state index is 0.136. The fraction of sp³-hybridized carbons (Fsp3) is 0.625. The second-order valence-electron chi connectivity index (χ2n) is 6.38. The zero-order valence-corrected chi connectivity index (χ0v) is 11.7. The summed E-state index contributed by atoms with van der Waals surface area (Å²) in [5.41, 5.74) is 2.23. The smallest absolute Gasteiger partial charge is 0.129 e. The van der Waals surface area contributed by atoms with Crippen molar-refractivity contribution in [2.24, 2.45) is 5.92 Å². The standard InChI is InChI=1S/C16H24FN/c1-16(2,3)14-8-6-12(7-9-14)15(17)13-5-4-10-18-11-13/h6-9,13,15,18H,4-5,10-11H2,1-3H3. The van der Waals surface area contributed by atoms with Crippen molar-refractivity contribution in [3.05, 3.63) is 35.4 Å². The van der Waals surface area contributed by atoms with E-state index in [9.17, 15) is 4.39 Å². The van der Waals surface area contributed by atoms with Crippen LogP contribution in [0.4, 0.5) is 4.39 Å². The first-order chi connectivity index (χ1) is 8.48. The van der Waals surface area contributed by atoms with Gasteiger partial charge >= 0.3 is 0 Å². The van der Waals surface area contributed by atoms with E-state index >= 15 is 0 Å². The Kier molecular flexibility index (Phi) is 4.06. The van der Waals surface area contributed by atoms with Gasteiger partial charge in [0.15, 0.2) is 0 Å². The summed E-state index contributed by atoms with van der Waals surface area (Å²) in [5, 5.41) is 3.28. The maximum Gasteiger partial charge on any atom is 0.129 e. The Hall–Kier alpha value is -0.890. The van der Waals surface area contributed by atoms with Crippen LogP contribution in [0.25, 0.3) is 0 Å². The third kappa shape index (κ3) is 3.11. The predicted octanol–water partition coefficient (Wildman–Crippen LogP) is 3.99. The van der Waals surface area contributed by atoms with Gasteiger partial charge in [-0.2, -0.15) is 0 Å². The van der Waals surface area contributed by atoms with Gasteiger partial charge in [0.2, 0.25) is 0 Å². The summed E-state index contributed by atoms with van der Waals surface area (Å²) >= 11 is 0. The minimum atomic E-state index is -0.827. The van der Waals surface area contributed by atoms with Crippen LogP contribution in [0.1, 0.15) is 50.9 Å². The zero-order chi connectivity index (χ0) is 13.2. The third-order valence-corrected chi connectivity index (χ3v) is 3.84. The molecule has 2 unspecified atom stereocenters. The zero-order valence-electron chi connectivity index (χ0n) is 11.7. The molecule has 0 amide bonds. The summed E-state index contributed by atoms with van der Waals surface area (Å²) < 4.78 is 14.4. The Morgan fingerprint density at radius 1 is 1.22 bits per heavy atom. The fourth-order valence-corrected chi connectivity index (χ4v) is 2.57. The number of piperidine rings is 1. The summed E-state index contributed by atoms with van der Waals surface area (Å²) in [4.78, 5) is 0. The summed E-state index contributed by atoms with van der Waals surface area (Å²) in [6.45, 7) is 8.38. The van der Waals surface area contributed by atoms with Crippen LogP contribution in [0.15, 0.2) is 24.3 Å². The SMILES string of the molecule is CC(C)(C)c1ccc(C(F)C2CCCNC2)cc1. The second-order valence-corrected chi connectivity index (χ2v) is 6.38. The summed E-state index contributed by atoms with van der Waals surface area (Å²) in [6.07, 6.45) is 1.26. The Labute approximate surface area is 110 Å². The van der Waals surface area contributed by atoms with E-state index in [1.165, 1.54) is 5.56 Å². The quantitative estimate of drug-likeness (QED) is 0.835. The fourth-order valence-electron chi connectivity index (χ4n) is 2.57. The molecule has 0 bridgehead atoms. The normalized spacial score (nSPS) is 22.8. The van der Waals surface area contributed by atoms with Gasteiger partial charge in [0.25, 0.3) is 0 Å². The molecule has 2 rings (SSSR count). The van der Waals surface area contributed by atoms with Crippen molar-refractivity contribution in [2.45, 2.75) is 45.2 Å². The van der Waals surface area contributed by atoms with Gasteiger partial charge in [-0.1, -0.05) is 45.0 Å². The van der Waals surface area contributed by atoms with Crippen molar-refractivity contribution >= 4 is 0 Å². The summed E-state index contributed by atoms with van der Waals surface area (Å²) in [5.74, 6) is 0.138. The molecule has 1 N–H and O–H groups in total. The van der Waals surface area contributed by atoms with Crippen molar-refractivity contribution in [2.75, 3.05) is 13.1 Å². The summed E-state index contributed by atoms with van der Waals surface area (Å²) in [7, 11) is 0. The molecule has 1 saturated heterocycles. The first kappa shape index (κ1) is 13.5. The number of hydrogen-bond acceptors (Lipinski definition) is 1. The average molecular weight is 249 g/mol. The van der Waals surface area contributed by atoms with Crippen molar-refractivity contribution in [3.63, 3.8) is 0 Å². The number of halogens is 1. The molecule has 0 aliphatic carbocycles. The topological polar surface area (TPSA) is 12.0 Å². The van der Waals surface area contributed by atoms with E-state index in [-0.39, 0.29) is 11.3 Å². The van der Waals surface area contributed by atoms with Crippen LogP contribution in [0.5, 0.6) is 0 Å². The number of rotatable bonds is 2. The van der Waals surface area contributed by atoms with Crippen LogP contribution in [0.3, 0.4) is 0 Å². The van der Waals surface area contributed by atoms with Crippen LogP contribution < -0.4 is 5.32 Å². The van der Waals surface area contributed by atoms with Gasteiger partial charge in [-0.25, -0.2) is 4.39 Å². The second kappa shape index (κ2) is 5.40. The molecule has 2 heteroatoms. The number of nitrogens with one attached hydrogen (secondary N) is 1. The highest BCUT2D eigenvalue weighted by Gasteiger charge is 2.25. The number of alkyl halides is 1. The van der Waals surface area contributed by atoms with Crippen LogP contribution in [-0.4, -0.2) is 13.1 Å². The van der Waals surface area contributed by atoms with E-state index in [0.717, 1.165) is 31.5 Å². The molecular weight excluding hydrogens is 225 g/mol. The molecule has 1 aromatic rings. The maximum absolute atomic E-state index is 14.4. The van der Waals surface area contributed by atoms with E-state index in [2.05, 4.69) is 38.2 Å². The highest BCUT2D eigenvalue weighted by atomic mass is 19.1. The molecule has 0 saturated carbocycles. The van der Waals surface area contributed by atoms with Gasteiger partial charge in [-0.3, -0.25) is 0 Å². The lowest BCUT2D eigenvalue weighted by molar-refractivity contribution is 0.194. The molecule has 1 aliphatic heterocycles. The van der Waals surface area contributed by atoms with Gasteiger partial charge in [-0.15, -0.1) is 0 Å². The molecule has 1 aliphatic rings. The molecule has 18 heavy (non-hydrogen) atoms. The van der Waals surface area contributed by atoms with E-state index in [1.807, 2.05) is 12.1 Å². The van der Waals surface area contributed by atoms with Crippen molar-refractivity contribution in [3.8, 4) is 0 Å². The molecule has 0 radical (unpaired) electrons. The lowest BCUT2D eigenvalue weighted by Crippen LogP contribution is -2.32. The molecule has 1 nitrogen and oxygen atoms in total. The molecular formula is C16H24FN. The third-order valence-electron chi connectivity index (χ3n) is 3.84. The van der Waals surface area contributed by atoms with E-state index < -0.39 is 6.17 Å². The van der Waals surface area contributed by atoms with Crippen molar-refractivity contribution in [1.82, 2.24) is 5.32 Å². The van der Waals surface area contributed by atoms with Crippen LogP contribution in [-0.2, 0) is 5.41 Å². The highest BCUT2D eigenvalue weighted by Crippen LogP contribution is 2.32. The molecule has 1 heterocycles. The Bertz CT molecular complexity index is 371. The Morgan fingerprint density at radius 3 is 2.39 bits per heavy atom. The summed E-state index contributed by atoms with van der Waals surface area (Å²) in [6, 6.07) is 8.05. The highest BCUT2D eigenvalue weighted by molar-refractivity contribution is 5.29. The van der Waals surface area contributed by atoms with Crippen molar-refractivity contribution in [1.29, 1.82) is 0 Å².